The van der Waals surface area contributed by atoms with Crippen LogP contribution in [0.3, 0.4) is 0 Å². The molecule has 1 aliphatic rings. The van der Waals surface area contributed by atoms with Crippen molar-refractivity contribution in [2.75, 3.05) is 0 Å². The molecule has 0 nitrogen and oxygen atoms in total. The number of benzene rings is 1. The summed E-state index contributed by atoms with van der Waals surface area (Å²) in [6, 6.07) is 5.22. The Morgan fingerprint density at radius 1 is 1.07 bits per heavy atom. The average molecular weight is 206 g/mol. The molecule has 2 rings (SSSR count). The van der Waals surface area contributed by atoms with E-state index in [1.807, 2.05) is 6.07 Å². The van der Waals surface area contributed by atoms with E-state index in [-0.39, 0.29) is 5.82 Å². The molecule has 0 atom stereocenters. The highest BCUT2D eigenvalue weighted by molar-refractivity contribution is 5.30. The van der Waals surface area contributed by atoms with Crippen molar-refractivity contribution in [3.63, 3.8) is 0 Å². The molecule has 1 aromatic rings. The van der Waals surface area contributed by atoms with Gasteiger partial charge in [0, 0.05) is 0 Å². The van der Waals surface area contributed by atoms with Crippen LogP contribution in [0.25, 0.3) is 0 Å². The van der Waals surface area contributed by atoms with Gasteiger partial charge in [0.15, 0.2) is 0 Å². The molecule has 0 unspecified atom stereocenters. The quantitative estimate of drug-likeness (QED) is 0.590. The van der Waals surface area contributed by atoms with Gasteiger partial charge < -0.3 is 0 Å². The summed E-state index contributed by atoms with van der Waals surface area (Å²) in [5, 5.41) is 0. The molecule has 0 saturated heterocycles. The van der Waals surface area contributed by atoms with Crippen LogP contribution in [0, 0.1) is 12.7 Å². The van der Waals surface area contributed by atoms with Gasteiger partial charge in [-0.25, -0.2) is 4.39 Å². The van der Waals surface area contributed by atoms with Crippen molar-refractivity contribution in [3.05, 3.63) is 35.1 Å². The largest absolute Gasteiger partial charge is 0.207 e. The number of aryl methyl sites for hydroxylation is 1. The zero-order valence-corrected chi connectivity index (χ0v) is 9.43. The van der Waals surface area contributed by atoms with Crippen LogP contribution in [-0.2, 0) is 0 Å². The molecule has 0 amide bonds. The van der Waals surface area contributed by atoms with Crippen molar-refractivity contribution in [1.82, 2.24) is 0 Å². The average Bonchev–Trinajstić information content (AvgIpc) is 2.50. The summed E-state index contributed by atoms with van der Waals surface area (Å²) in [4.78, 5) is 0. The fraction of sp³-hybridized carbons (Fsp3) is 0.571. The second-order valence-electron chi connectivity index (χ2n) is 4.69. The lowest BCUT2D eigenvalue weighted by molar-refractivity contribution is 0.576. The van der Waals surface area contributed by atoms with Gasteiger partial charge in [-0.1, -0.05) is 31.7 Å². The first-order chi connectivity index (χ1) is 7.27. The number of rotatable bonds is 1. The van der Waals surface area contributed by atoms with Crippen LogP contribution in [0.15, 0.2) is 18.2 Å². The minimum atomic E-state index is -0.0835. The highest BCUT2D eigenvalue weighted by Crippen LogP contribution is 2.33. The molecule has 1 saturated carbocycles. The van der Waals surface area contributed by atoms with Crippen molar-refractivity contribution < 1.29 is 4.39 Å². The van der Waals surface area contributed by atoms with Gasteiger partial charge in [-0.3, -0.25) is 0 Å². The Balaban J connectivity index is 2.22. The molecular formula is C14H19F. The second-order valence-corrected chi connectivity index (χ2v) is 4.69. The Morgan fingerprint density at radius 3 is 2.40 bits per heavy atom. The molecule has 0 aromatic heterocycles. The fourth-order valence-corrected chi connectivity index (χ4v) is 2.64. The SMILES string of the molecule is Cc1ccc(F)cc1C1CCCCCC1. The molecule has 1 aliphatic carbocycles. The number of halogens is 1. The molecule has 0 heterocycles. The molecule has 82 valence electrons. The van der Waals surface area contributed by atoms with Gasteiger partial charge in [-0.15, -0.1) is 0 Å². The fourth-order valence-electron chi connectivity index (χ4n) is 2.64. The van der Waals surface area contributed by atoms with Crippen molar-refractivity contribution in [2.24, 2.45) is 0 Å². The third-order valence-corrected chi connectivity index (χ3v) is 3.54. The van der Waals surface area contributed by atoms with Gasteiger partial charge in [0.2, 0.25) is 0 Å². The van der Waals surface area contributed by atoms with Crippen LogP contribution in [0.5, 0.6) is 0 Å². The van der Waals surface area contributed by atoms with E-state index < -0.39 is 0 Å². The molecular weight excluding hydrogens is 187 g/mol. The monoisotopic (exact) mass is 206 g/mol. The minimum Gasteiger partial charge on any atom is -0.207 e. The molecule has 0 aliphatic heterocycles. The normalized spacial score (nSPS) is 18.8. The van der Waals surface area contributed by atoms with Gasteiger partial charge in [0.25, 0.3) is 0 Å². The van der Waals surface area contributed by atoms with Crippen molar-refractivity contribution in [1.29, 1.82) is 0 Å². The van der Waals surface area contributed by atoms with Gasteiger partial charge in [-0.05, 0) is 48.9 Å². The first-order valence-electron chi connectivity index (χ1n) is 6.03. The summed E-state index contributed by atoms with van der Waals surface area (Å²) in [5.74, 6) is 0.517. The first kappa shape index (κ1) is 10.7. The van der Waals surface area contributed by atoms with E-state index in [1.54, 1.807) is 12.1 Å². The van der Waals surface area contributed by atoms with E-state index in [4.69, 9.17) is 0 Å². The standard InChI is InChI=1S/C14H19F/c1-11-8-9-13(15)10-14(11)12-6-4-2-3-5-7-12/h8-10,12H,2-7H2,1H3. The van der Waals surface area contributed by atoms with Crippen LogP contribution in [0.4, 0.5) is 4.39 Å². The van der Waals surface area contributed by atoms with Crippen molar-refractivity contribution >= 4 is 0 Å². The lowest BCUT2D eigenvalue weighted by Crippen LogP contribution is -2.00. The Bertz CT molecular complexity index is 322. The Hall–Kier alpha value is -0.850. The van der Waals surface area contributed by atoms with Crippen molar-refractivity contribution in [3.8, 4) is 0 Å². The van der Waals surface area contributed by atoms with E-state index in [9.17, 15) is 4.39 Å². The maximum Gasteiger partial charge on any atom is 0.123 e. The van der Waals surface area contributed by atoms with Gasteiger partial charge >= 0.3 is 0 Å². The Labute approximate surface area is 91.5 Å². The zero-order valence-electron chi connectivity index (χ0n) is 9.43. The number of hydrogen-bond acceptors (Lipinski definition) is 0. The summed E-state index contributed by atoms with van der Waals surface area (Å²) in [6.07, 6.45) is 7.80. The predicted molar refractivity (Wildman–Crippen MR) is 61.6 cm³/mol. The first-order valence-corrected chi connectivity index (χ1v) is 6.03. The molecule has 0 N–H and O–H groups in total. The third kappa shape index (κ3) is 2.58. The van der Waals surface area contributed by atoms with Gasteiger partial charge in [0.05, 0.1) is 0 Å². The Kier molecular flexibility index (Phi) is 3.40. The third-order valence-electron chi connectivity index (χ3n) is 3.54. The second kappa shape index (κ2) is 4.78. The van der Waals surface area contributed by atoms with Crippen LogP contribution < -0.4 is 0 Å². The van der Waals surface area contributed by atoms with E-state index in [1.165, 1.54) is 49.7 Å². The maximum atomic E-state index is 13.2. The van der Waals surface area contributed by atoms with E-state index in [2.05, 4.69) is 6.92 Å². The van der Waals surface area contributed by atoms with E-state index >= 15 is 0 Å². The van der Waals surface area contributed by atoms with Crippen LogP contribution >= 0.6 is 0 Å². The smallest absolute Gasteiger partial charge is 0.123 e. The van der Waals surface area contributed by atoms with Crippen LogP contribution in [0.1, 0.15) is 55.6 Å². The molecule has 0 bridgehead atoms. The topological polar surface area (TPSA) is 0 Å². The van der Waals surface area contributed by atoms with Crippen LogP contribution in [-0.4, -0.2) is 0 Å². The Morgan fingerprint density at radius 2 is 1.73 bits per heavy atom. The molecule has 0 radical (unpaired) electrons. The lowest BCUT2D eigenvalue weighted by Gasteiger charge is -2.17. The minimum absolute atomic E-state index is 0.0835. The van der Waals surface area contributed by atoms with Crippen molar-refractivity contribution in [2.45, 2.75) is 51.4 Å². The highest BCUT2D eigenvalue weighted by atomic mass is 19.1. The van der Waals surface area contributed by atoms with Gasteiger partial charge in [0.1, 0.15) is 5.82 Å². The highest BCUT2D eigenvalue weighted by Gasteiger charge is 2.16. The van der Waals surface area contributed by atoms with Gasteiger partial charge in [-0.2, -0.15) is 0 Å². The maximum absolute atomic E-state index is 13.2. The van der Waals surface area contributed by atoms with E-state index in [0.29, 0.717) is 5.92 Å². The zero-order chi connectivity index (χ0) is 10.7. The van der Waals surface area contributed by atoms with Crippen LogP contribution in [0.2, 0.25) is 0 Å². The lowest BCUT2D eigenvalue weighted by atomic mass is 9.89. The summed E-state index contributed by atoms with van der Waals surface area (Å²) >= 11 is 0. The van der Waals surface area contributed by atoms with E-state index in [0.717, 1.165) is 0 Å². The summed E-state index contributed by atoms with van der Waals surface area (Å²) in [5.41, 5.74) is 2.50. The molecule has 1 fully saturated rings. The summed E-state index contributed by atoms with van der Waals surface area (Å²) in [6.45, 7) is 2.10. The molecule has 15 heavy (non-hydrogen) atoms. The molecule has 0 spiro atoms. The predicted octanol–water partition coefficient (Wildman–Crippen LogP) is 4.57. The summed E-state index contributed by atoms with van der Waals surface area (Å²) in [7, 11) is 0. The number of hydrogen-bond donors (Lipinski definition) is 0. The molecule has 1 aromatic carbocycles. The molecule has 1 heteroatoms. The summed E-state index contributed by atoms with van der Waals surface area (Å²) < 4.78 is 13.2.